The van der Waals surface area contributed by atoms with Crippen LogP contribution in [0, 0.1) is 0 Å². The van der Waals surface area contributed by atoms with Crippen molar-refractivity contribution in [2.45, 2.75) is 32.1 Å². The maximum Gasteiger partial charge on any atom is 0.0541 e. The van der Waals surface area contributed by atoms with Gasteiger partial charge in [-0.2, -0.15) is 0 Å². The second kappa shape index (κ2) is 13.1. The zero-order valence-electron chi connectivity index (χ0n) is 32.3. The molecule has 1 heterocycles. The molecule has 2 heteroatoms. The molecule has 0 N–H and O–H groups in total. The Morgan fingerprint density at radius 1 is 0.526 bits per heavy atom. The van der Waals surface area contributed by atoms with Crippen LogP contribution in [0.15, 0.2) is 194 Å². The summed E-state index contributed by atoms with van der Waals surface area (Å²) in [4.78, 5) is 2.49. The average Bonchev–Trinajstić information content (AvgIpc) is 3.73. The first kappa shape index (κ1) is 33.4. The normalized spacial score (nSPS) is 14.2. The lowest BCUT2D eigenvalue weighted by Crippen LogP contribution is -2.20. The van der Waals surface area contributed by atoms with Gasteiger partial charge in [0.2, 0.25) is 0 Å². The Kier molecular flexibility index (Phi) is 7.69. The zero-order chi connectivity index (χ0) is 38.1. The third-order valence-corrected chi connectivity index (χ3v) is 12.4. The standard InChI is InChI=1S/C55H42N2/c1-55(2)49-28-9-6-22-45(49)48-27-15-31-52(54(48)55)56(41-20-14-21-42(36-41)57-50-29-10-7-23-46(50)47-24-8-11-30-51(47)57)40-34-32-38(33-35-40)44-26-13-19-39-18-12-25-43(53(39)44)37-16-4-3-5-17-37/h4,6-36H,3,5H2,1-2H3. The van der Waals surface area contributed by atoms with E-state index in [0.717, 1.165) is 29.9 Å². The van der Waals surface area contributed by atoms with E-state index in [-0.39, 0.29) is 5.41 Å². The van der Waals surface area contributed by atoms with Crippen LogP contribution in [0.4, 0.5) is 17.1 Å². The van der Waals surface area contributed by atoms with Gasteiger partial charge in [0, 0.05) is 33.2 Å². The number of para-hydroxylation sites is 2. The fraction of sp³-hybridized carbons (Fsp3) is 0.0909. The van der Waals surface area contributed by atoms with Gasteiger partial charge in [0.25, 0.3) is 0 Å². The van der Waals surface area contributed by atoms with E-state index in [1.165, 1.54) is 82.8 Å². The molecule has 9 aromatic rings. The molecule has 0 unspecified atom stereocenters. The van der Waals surface area contributed by atoms with Crippen LogP contribution in [-0.4, -0.2) is 4.57 Å². The van der Waals surface area contributed by atoms with Gasteiger partial charge in [0.15, 0.2) is 0 Å². The number of hydrogen-bond donors (Lipinski definition) is 0. The lowest BCUT2D eigenvalue weighted by atomic mass is 9.81. The van der Waals surface area contributed by atoms with Gasteiger partial charge in [-0.25, -0.2) is 0 Å². The highest BCUT2D eigenvalue weighted by Gasteiger charge is 2.38. The predicted octanol–water partition coefficient (Wildman–Crippen LogP) is 15.1. The Hall–Kier alpha value is -6.90. The molecule has 0 saturated heterocycles. The third-order valence-electron chi connectivity index (χ3n) is 12.4. The van der Waals surface area contributed by atoms with Gasteiger partial charge in [0.1, 0.15) is 0 Å². The van der Waals surface area contributed by atoms with Gasteiger partial charge in [-0.1, -0.05) is 159 Å². The van der Waals surface area contributed by atoms with E-state index in [2.05, 4.69) is 217 Å². The first-order chi connectivity index (χ1) is 28.1. The average molecular weight is 731 g/mol. The Labute approximate surface area is 334 Å². The number of aromatic nitrogens is 1. The largest absolute Gasteiger partial charge is 0.310 e. The summed E-state index contributed by atoms with van der Waals surface area (Å²) in [5.74, 6) is 0. The van der Waals surface area contributed by atoms with E-state index in [1.807, 2.05) is 0 Å². The van der Waals surface area contributed by atoms with Crippen LogP contribution in [0.5, 0.6) is 0 Å². The summed E-state index contributed by atoms with van der Waals surface area (Å²) < 4.78 is 2.42. The highest BCUT2D eigenvalue weighted by molar-refractivity contribution is 6.09. The molecule has 0 atom stereocenters. The highest BCUT2D eigenvalue weighted by atomic mass is 15.1. The topological polar surface area (TPSA) is 8.17 Å². The smallest absolute Gasteiger partial charge is 0.0541 e. The van der Waals surface area contributed by atoms with Crippen LogP contribution in [0.3, 0.4) is 0 Å². The van der Waals surface area contributed by atoms with Crippen molar-refractivity contribution in [3.05, 3.63) is 211 Å². The van der Waals surface area contributed by atoms with Crippen molar-refractivity contribution in [1.82, 2.24) is 4.57 Å². The van der Waals surface area contributed by atoms with Gasteiger partial charge in [0.05, 0.1) is 16.7 Å². The van der Waals surface area contributed by atoms with Gasteiger partial charge in [-0.3, -0.25) is 0 Å². The summed E-state index contributed by atoms with van der Waals surface area (Å²) in [5.41, 5.74) is 17.2. The van der Waals surface area contributed by atoms with Crippen LogP contribution >= 0.6 is 0 Å². The molecule has 0 spiro atoms. The third kappa shape index (κ3) is 5.25. The second-order valence-electron chi connectivity index (χ2n) is 16.0. The van der Waals surface area contributed by atoms with Gasteiger partial charge in [-0.15, -0.1) is 0 Å². The number of fused-ring (bicyclic) bond motifs is 7. The van der Waals surface area contributed by atoms with Crippen molar-refractivity contribution in [3.8, 4) is 27.9 Å². The summed E-state index contributed by atoms with van der Waals surface area (Å²) in [6.45, 7) is 4.76. The van der Waals surface area contributed by atoms with Crippen molar-refractivity contribution in [2.75, 3.05) is 4.90 Å². The molecular weight excluding hydrogens is 689 g/mol. The summed E-state index contributed by atoms with van der Waals surface area (Å²) in [6, 6.07) is 65.1. The summed E-state index contributed by atoms with van der Waals surface area (Å²) in [5, 5.41) is 5.10. The number of hydrogen-bond acceptors (Lipinski definition) is 1. The fourth-order valence-electron chi connectivity index (χ4n) is 9.83. The molecule has 0 aliphatic heterocycles. The molecule has 11 rings (SSSR count). The van der Waals surface area contributed by atoms with E-state index < -0.39 is 0 Å². The van der Waals surface area contributed by atoms with Crippen LogP contribution in [0.25, 0.3) is 66.1 Å². The highest BCUT2D eigenvalue weighted by Crippen LogP contribution is 2.54. The fourth-order valence-corrected chi connectivity index (χ4v) is 9.83. The Balaban J connectivity index is 1.11. The molecule has 1 aromatic heterocycles. The number of rotatable bonds is 6. The lowest BCUT2D eigenvalue weighted by Gasteiger charge is -2.32. The van der Waals surface area contributed by atoms with Crippen molar-refractivity contribution in [2.24, 2.45) is 0 Å². The van der Waals surface area contributed by atoms with Crippen molar-refractivity contribution in [1.29, 1.82) is 0 Å². The summed E-state index contributed by atoms with van der Waals surface area (Å²) in [7, 11) is 0. The minimum Gasteiger partial charge on any atom is -0.310 e. The Morgan fingerprint density at radius 3 is 1.93 bits per heavy atom. The molecule has 0 saturated carbocycles. The van der Waals surface area contributed by atoms with Crippen LogP contribution < -0.4 is 4.90 Å². The van der Waals surface area contributed by atoms with Crippen LogP contribution in [-0.2, 0) is 5.41 Å². The van der Waals surface area contributed by atoms with Crippen LogP contribution in [0.1, 0.15) is 43.4 Å². The SMILES string of the molecule is CC1(C)c2ccccc2-c2cccc(N(c3ccc(-c4cccc5cccc(C6=CCCC=C6)c45)cc3)c3cccc(-n4c5ccccc5c5ccccc54)c3)c21. The quantitative estimate of drug-likeness (QED) is 0.165. The number of benzene rings is 8. The van der Waals surface area contributed by atoms with Gasteiger partial charge in [-0.05, 0) is 117 Å². The summed E-state index contributed by atoms with van der Waals surface area (Å²) >= 11 is 0. The van der Waals surface area contributed by atoms with E-state index in [9.17, 15) is 0 Å². The number of anilines is 3. The van der Waals surface area contributed by atoms with E-state index in [0.29, 0.717) is 0 Å². The molecule has 2 aliphatic rings. The number of allylic oxidation sites excluding steroid dienone is 4. The monoisotopic (exact) mass is 730 g/mol. The maximum absolute atomic E-state index is 2.49. The second-order valence-corrected chi connectivity index (χ2v) is 16.0. The van der Waals surface area contributed by atoms with Gasteiger partial charge < -0.3 is 9.47 Å². The minimum absolute atomic E-state index is 0.188. The molecule has 272 valence electrons. The molecule has 0 fully saturated rings. The molecule has 57 heavy (non-hydrogen) atoms. The molecule has 2 nitrogen and oxygen atoms in total. The van der Waals surface area contributed by atoms with Gasteiger partial charge >= 0.3 is 0 Å². The lowest BCUT2D eigenvalue weighted by molar-refractivity contribution is 0.661. The Bertz CT molecular complexity index is 3040. The zero-order valence-corrected chi connectivity index (χ0v) is 32.3. The van der Waals surface area contributed by atoms with Crippen molar-refractivity contribution >= 4 is 55.2 Å². The molecule has 0 radical (unpaired) electrons. The molecule has 2 aliphatic carbocycles. The summed E-state index contributed by atoms with van der Waals surface area (Å²) in [6.07, 6.45) is 9.17. The molecule has 8 aromatic carbocycles. The predicted molar refractivity (Wildman–Crippen MR) is 242 cm³/mol. The molecular formula is C55H42N2. The van der Waals surface area contributed by atoms with Crippen LogP contribution in [0.2, 0.25) is 0 Å². The maximum atomic E-state index is 2.49. The van der Waals surface area contributed by atoms with Crippen molar-refractivity contribution in [3.63, 3.8) is 0 Å². The van der Waals surface area contributed by atoms with E-state index in [1.54, 1.807) is 0 Å². The Morgan fingerprint density at radius 2 is 1.18 bits per heavy atom. The molecule has 0 amide bonds. The van der Waals surface area contributed by atoms with E-state index >= 15 is 0 Å². The van der Waals surface area contributed by atoms with E-state index in [4.69, 9.17) is 0 Å². The molecule has 0 bridgehead atoms. The minimum atomic E-state index is -0.188. The number of nitrogens with zero attached hydrogens (tertiary/aromatic N) is 2. The first-order valence-electron chi connectivity index (χ1n) is 20.2. The first-order valence-corrected chi connectivity index (χ1v) is 20.2. The van der Waals surface area contributed by atoms with Crippen molar-refractivity contribution < 1.29 is 0 Å².